The molecule has 0 N–H and O–H groups in total. The molecule has 0 aliphatic rings. The van der Waals surface area contributed by atoms with Crippen LogP contribution in [0.15, 0.2) is 19.0 Å². The molecule has 0 spiro atoms. The Balaban J connectivity index is -0.0000000150. The van der Waals surface area contributed by atoms with Gasteiger partial charge in [0.05, 0.1) is 0 Å². The van der Waals surface area contributed by atoms with Crippen molar-refractivity contribution in [1.29, 1.82) is 0 Å². The number of aromatic nitrogens is 3. The maximum absolute atomic E-state index is 3.56. The average Bonchev–Trinajstić information content (AvgIpc) is 1.72. The number of nitrogens with zero attached hydrogens (tertiary/aromatic N) is 3. The van der Waals surface area contributed by atoms with E-state index in [1.165, 1.54) is 19.0 Å². The summed E-state index contributed by atoms with van der Waals surface area (Å²) in [7, 11) is 0. The summed E-state index contributed by atoms with van der Waals surface area (Å²) in [5.41, 5.74) is 0. The third-order valence-corrected chi connectivity index (χ3v) is 0.400. The Morgan fingerprint density at radius 2 is 0.889 bits per heavy atom. The van der Waals surface area contributed by atoms with Crippen LogP contribution in [0.4, 0.5) is 0 Å². The Kier molecular flexibility index (Phi) is 24.2. The summed E-state index contributed by atoms with van der Waals surface area (Å²) in [5.74, 6) is 0. The van der Waals surface area contributed by atoms with E-state index >= 15 is 0 Å². The molecule has 0 bridgehead atoms. The van der Waals surface area contributed by atoms with E-state index in [0.29, 0.717) is 0 Å². The summed E-state index contributed by atoms with van der Waals surface area (Å²) in [6.45, 7) is 0. The van der Waals surface area contributed by atoms with Crippen molar-refractivity contribution in [2.45, 2.75) is 0 Å². The minimum Gasteiger partial charge on any atom is -1.00 e. The van der Waals surface area contributed by atoms with E-state index in [9.17, 15) is 0 Å². The molecular weight excluding hydrogens is 147 g/mol. The SMILES string of the molecule is [H-].[H-].[H-].[Na+].[Na+].[Na+].c1ncncn1. The van der Waals surface area contributed by atoms with E-state index in [-0.39, 0.29) is 93.0 Å². The molecule has 0 radical (unpaired) electrons. The van der Waals surface area contributed by atoms with Crippen LogP contribution in [0.25, 0.3) is 0 Å². The van der Waals surface area contributed by atoms with Gasteiger partial charge in [-0.2, -0.15) is 0 Å². The van der Waals surface area contributed by atoms with Crippen molar-refractivity contribution in [2.24, 2.45) is 0 Å². The fraction of sp³-hybridized carbons (Fsp3) is 0. The molecule has 0 atom stereocenters. The Morgan fingerprint density at radius 1 is 0.667 bits per heavy atom. The first-order valence-electron chi connectivity index (χ1n) is 1.55. The van der Waals surface area contributed by atoms with Crippen LogP contribution < -0.4 is 88.7 Å². The summed E-state index contributed by atoms with van der Waals surface area (Å²) in [5, 5.41) is 0. The molecule has 0 amide bonds. The number of hydrogen-bond acceptors (Lipinski definition) is 3. The molecule has 1 aromatic heterocycles. The summed E-state index contributed by atoms with van der Waals surface area (Å²) < 4.78 is 0. The standard InChI is InChI=1S/C3H3N3.3Na.3H/c1-4-2-6-3-5-1;;;;;;/h1-3H;;;;;;/q;3*+1;3*-1. The van der Waals surface area contributed by atoms with Gasteiger partial charge in [-0.25, -0.2) is 15.0 Å². The van der Waals surface area contributed by atoms with Gasteiger partial charge in [0.1, 0.15) is 19.0 Å². The second-order valence-corrected chi connectivity index (χ2v) is 0.794. The first-order valence-corrected chi connectivity index (χ1v) is 1.55. The smallest absolute Gasteiger partial charge is 1.00 e. The molecule has 0 fully saturated rings. The van der Waals surface area contributed by atoms with Gasteiger partial charge in [-0.15, -0.1) is 0 Å². The van der Waals surface area contributed by atoms with Gasteiger partial charge in [0, 0.05) is 0 Å². The zero-order valence-corrected chi connectivity index (χ0v) is 12.1. The summed E-state index contributed by atoms with van der Waals surface area (Å²) in [6.07, 6.45) is 4.31. The first-order chi connectivity index (χ1) is 3.00. The Hall–Kier alpha value is 2.01. The van der Waals surface area contributed by atoms with E-state index in [4.69, 9.17) is 0 Å². The van der Waals surface area contributed by atoms with Gasteiger partial charge in [-0.05, 0) is 0 Å². The summed E-state index contributed by atoms with van der Waals surface area (Å²) in [6, 6.07) is 0. The fourth-order valence-corrected chi connectivity index (χ4v) is 0.205. The molecule has 0 saturated carbocycles. The molecule has 1 aromatic rings. The Morgan fingerprint density at radius 3 is 1.00 bits per heavy atom. The molecule has 1 rings (SSSR count). The van der Waals surface area contributed by atoms with Crippen LogP contribution in [0, 0.1) is 0 Å². The Bertz CT molecular complexity index is 96.0. The van der Waals surface area contributed by atoms with Gasteiger partial charge in [0.25, 0.3) is 0 Å². The van der Waals surface area contributed by atoms with Crippen molar-refractivity contribution < 1.29 is 93.0 Å². The molecular formula is C3H6N3Na3. The maximum Gasteiger partial charge on any atom is 1.00 e. The normalized spacial score (nSPS) is 5.33. The van der Waals surface area contributed by atoms with Gasteiger partial charge in [0.15, 0.2) is 0 Å². The maximum atomic E-state index is 3.56. The predicted molar refractivity (Wildman–Crippen MR) is 23.2 cm³/mol. The van der Waals surface area contributed by atoms with E-state index in [0.717, 1.165) is 0 Å². The molecule has 1 heterocycles. The third-order valence-electron chi connectivity index (χ3n) is 0.400. The molecule has 9 heavy (non-hydrogen) atoms. The van der Waals surface area contributed by atoms with Gasteiger partial charge in [-0.1, -0.05) is 0 Å². The zero-order chi connectivity index (χ0) is 4.24. The molecule has 0 aromatic carbocycles. The monoisotopic (exact) mass is 153 g/mol. The van der Waals surface area contributed by atoms with Crippen molar-refractivity contribution in [3.05, 3.63) is 19.0 Å². The predicted octanol–water partition coefficient (Wildman–Crippen LogP) is -8.78. The molecule has 3 nitrogen and oxygen atoms in total. The largest absolute Gasteiger partial charge is 1.00 e. The van der Waals surface area contributed by atoms with Gasteiger partial charge in [-0.3, -0.25) is 0 Å². The quantitative estimate of drug-likeness (QED) is 0.347. The average molecular weight is 153 g/mol. The third kappa shape index (κ3) is 10.0. The molecule has 0 aliphatic carbocycles. The number of rotatable bonds is 0. The van der Waals surface area contributed by atoms with Crippen molar-refractivity contribution in [1.82, 2.24) is 15.0 Å². The van der Waals surface area contributed by atoms with E-state index in [1.54, 1.807) is 0 Å². The van der Waals surface area contributed by atoms with Crippen LogP contribution in [0.2, 0.25) is 0 Å². The zero-order valence-electron chi connectivity index (χ0n) is 9.07. The van der Waals surface area contributed by atoms with Crippen LogP contribution in [0.1, 0.15) is 4.28 Å². The van der Waals surface area contributed by atoms with Crippen molar-refractivity contribution >= 4 is 0 Å². The fourth-order valence-electron chi connectivity index (χ4n) is 0.205. The van der Waals surface area contributed by atoms with E-state index in [1.807, 2.05) is 0 Å². The topological polar surface area (TPSA) is 38.7 Å². The first kappa shape index (κ1) is 17.2. The van der Waals surface area contributed by atoms with Gasteiger partial charge < -0.3 is 4.28 Å². The molecule has 6 heteroatoms. The van der Waals surface area contributed by atoms with Gasteiger partial charge in [0.2, 0.25) is 0 Å². The molecule has 0 saturated heterocycles. The summed E-state index contributed by atoms with van der Waals surface area (Å²) >= 11 is 0. The van der Waals surface area contributed by atoms with Crippen LogP contribution >= 0.6 is 0 Å². The van der Waals surface area contributed by atoms with Crippen molar-refractivity contribution in [3.8, 4) is 0 Å². The van der Waals surface area contributed by atoms with E-state index < -0.39 is 0 Å². The van der Waals surface area contributed by atoms with Crippen LogP contribution in [0.3, 0.4) is 0 Å². The minimum atomic E-state index is 0. The minimum absolute atomic E-state index is 0. The molecule has 0 aliphatic heterocycles. The molecule has 0 unspecified atom stereocenters. The van der Waals surface area contributed by atoms with E-state index in [2.05, 4.69) is 15.0 Å². The summed E-state index contributed by atoms with van der Waals surface area (Å²) in [4.78, 5) is 10.7. The van der Waals surface area contributed by atoms with Crippen molar-refractivity contribution in [3.63, 3.8) is 0 Å². The van der Waals surface area contributed by atoms with Crippen LogP contribution in [-0.2, 0) is 0 Å². The van der Waals surface area contributed by atoms with Gasteiger partial charge >= 0.3 is 88.7 Å². The van der Waals surface area contributed by atoms with Crippen LogP contribution in [0.5, 0.6) is 0 Å². The molecule has 36 valence electrons. The van der Waals surface area contributed by atoms with Crippen molar-refractivity contribution in [2.75, 3.05) is 0 Å². The van der Waals surface area contributed by atoms with Crippen LogP contribution in [-0.4, -0.2) is 15.0 Å². The Labute approximate surface area is 125 Å². The second-order valence-electron chi connectivity index (χ2n) is 0.794. The second kappa shape index (κ2) is 12.7. The number of hydrogen-bond donors (Lipinski definition) is 0.